The first kappa shape index (κ1) is 13.7. The fourth-order valence-electron chi connectivity index (χ4n) is 2.86. The van der Waals surface area contributed by atoms with Crippen molar-refractivity contribution in [2.75, 3.05) is 0 Å². The highest BCUT2D eigenvalue weighted by Crippen LogP contribution is 2.54. The van der Waals surface area contributed by atoms with Crippen LogP contribution in [0.25, 0.3) is 0 Å². The molecule has 1 saturated carbocycles. The Morgan fingerprint density at radius 3 is 2.65 bits per heavy atom. The summed E-state index contributed by atoms with van der Waals surface area (Å²) in [5, 5.41) is 0. The molecule has 0 aromatic heterocycles. The van der Waals surface area contributed by atoms with Crippen molar-refractivity contribution < 1.29 is 4.39 Å². The van der Waals surface area contributed by atoms with Crippen molar-refractivity contribution in [3.05, 3.63) is 69.9 Å². The molecular weight excluding hydrogens is 319 g/mol. The molecule has 3 rings (SSSR count). The van der Waals surface area contributed by atoms with Crippen molar-refractivity contribution in [1.29, 1.82) is 0 Å². The molecule has 20 heavy (non-hydrogen) atoms. The van der Waals surface area contributed by atoms with E-state index in [9.17, 15) is 4.39 Å². The SMILES string of the molecule is NNC(c1cc(Br)ccc1F)C1CC1c1ccccc1. The third-order valence-electron chi connectivity index (χ3n) is 3.97. The zero-order valence-corrected chi connectivity index (χ0v) is 12.5. The van der Waals surface area contributed by atoms with Crippen molar-refractivity contribution >= 4 is 15.9 Å². The number of nitrogens with two attached hydrogens (primary N) is 1. The maximum Gasteiger partial charge on any atom is 0.128 e. The minimum absolute atomic E-state index is 0.155. The lowest BCUT2D eigenvalue weighted by molar-refractivity contribution is 0.461. The highest BCUT2D eigenvalue weighted by atomic mass is 79.9. The summed E-state index contributed by atoms with van der Waals surface area (Å²) in [6.07, 6.45) is 1.03. The quantitative estimate of drug-likeness (QED) is 0.657. The largest absolute Gasteiger partial charge is 0.271 e. The summed E-state index contributed by atoms with van der Waals surface area (Å²) in [5.74, 6) is 6.25. The zero-order chi connectivity index (χ0) is 14.1. The zero-order valence-electron chi connectivity index (χ0n) is 10.9. The van der Waals surface area contributed by atoms with Crippen molar-refractivity contribution in [2.45, 2.75) is 18.4 Å². The topological polar surface area (TPSA) is 38.0 Å². The Kier molecular flexibility index (Phi) is 3.87. The Hall–Kier alpha value is -1.23. The standard InChI is InChI=1S/C16H16BrFN2/c17-11-6-7-15(18)14(8-11)16(20-19)13-9-12(13)10-4-2-1-3-5-10/h1-8,12-13,16,20H,9,19H2. The van der Waals surface area contributed by atoms with E-state index in [0.29, 0.717) is 17.4 Å². The van der Waals surface area contributed by atoms with E-state index < -0.39 is 0 Å². The summed E-state index contributed by atoms with van der Waals surface area (Å²) in [7, 11) is 0. The van der Waals surface area contributed by atoms with Crippen LogP contribution in [-0.2, 0) is 0 Å². The molecule has 0 heterocycles. The van der Waals surface area contributed by atoms with Crippen LogP contribution in [0.1, 0.15) is 29.5 Å². The normalized spacial score (nSPS) is 22.6. The van der Waals surface area contributed by atoms with Gasteiger partial charge in [0.05, 0.1) is 6.04 Å². The molecule has 4 heteroatoms. The number of halogens is 2. The number of nitrogens with one attached hydrogen (secondary N) is 1. The predicted octanol–water partition coefficient (Wildman–Crippen LogP) is 3.90. The van der Waals surface area contributed by atoms with Crippen LogP contribution in [-0.4, -0.2) is 0 Å². The molecule has 2 aromatic rings. The minimum Gasteiger partial charge on any atom is -0.271 e. The smallest absolute Gasteiger partial charge is 0.128 e. The first-order chi connectivity index (χ1) is 9.70. The van der Waals surface area contributed by atoms with Crippen LogP contribution in [0, 0.1) is 11.7 Å². The summed E-state index contributed by atoms with van der Waals surface area (Å²) in [5.41, 5.74) is 4.72. The van der Waals surface area contributed by atoms with Crippen LogP contribution in [0.15, 0.2) is 53.0 Å². The Bertz CT molecular complexity index is 603. The lowest BCUT2D eigenvalue weighted by atomic mass is 9.99. The van der Waals surface area contributed by atoms with Crippen LogP contribution in [0.3, 0.4) is 0 Å². The average molecular weight is 335 g/mol. The highest BCUT2D eigenvalue weighted by molar-refractivity contribution is 9.10. The van der Waals surface area contributed by atoms with E-state index in [0.717, 1.165) is 10.9 Å². The van der Waals surface area contributed by atoms with Gasteiger partial charge in [0, 0.05) is 10.0 Å². The van der Waals surface area contributed by atoms with Crippen LogP contribution < -0.4 is 11.3 Å². The molecule has 1 aliphatic carbocycles. The van der Waals surface area contributed by atoms with Gasteiger partial charge in [0.2, 0.25) is 0 Å². The lowest BCUT2D eigenvalue weighted by Gasteiger charge is -2.17. The average Bonchev–Trinajstić information content (AvgIpc) is 3.25. The maximum absolute atomic E-state index is 14.0. The number of rotatable bonds is 4. The summed E-state index contributed by atoms with van der Waals surface area (Å²) >= 11 is 3.39. The molecule has 3 N–H and O–H groups in total. The number of benzene rings is 2. The molecule has 3 unspecified atom stereocenters. The van der Waals surface area contributed by atoms with Crippen molar-refractivity contribution in [2.24, 2.45) is 11.8 Å². The second-order valence-corrected chi connectivity index (χ2v) is 6.14. The third kappa shape index (κ3) is 2.64. The Balaban J connectivity index is 1.84. The van der Waals surface area contributed by atoms with Crippen molar-refractivity contribution in [3.8, 4) is 0 Å². The van der Waals surface area contributed by atoms with Crippen molar-refractivity contribution in [1.82, 2.24) is 5.43 Å². The van der Waals surface area contributed by atoms with Gasteiger partial charge in [0.25, 0.3) is 0 Å². The number of hydrogen-bond acceptors (Lipinski definition) is 2. The summed E-state index contributed by atoms with van der Waals surface area (Å²) in [6, 6.07) is 15.2. The van der Waals surface area contributed by atoms with Gasteiger partial charge >= 0.3 is 0 Å². The molecule has 2 aromatic carbocycles. The summed E-state index contributed by atoms with van der Waals surface area (Å²) in [4.78, 5) is 0. The predicted molar refractivity (Wildman–Crippen MR) is 81.5 cm³/mol. The molecule has 3 atom stereocenters. The van der Waals surface area contributed by atoms with Gasteiger partial charge in [-0.2, -0.15) is 0 Å². The first-order valence-electron chi connectivity index (χ1n) is 6.66. The maximum atomic E-state index is 14.0. The van der Waals surface area contributed by atoms with E-state index >= 15 is 0 Å². The summed E-state index contributed by atoms with van der Waals surface area (Å²) < 4.78 is 14.9. The first-order valence-corrected chi connectivity index (χ1v) is 7.46. The third-order valence-corrected chi connectivity index (χ3v) is 4.46. The molecule has 0 spiro atoms. The van der Waals surface area contributed by atoms with Gasteiger partial charge in [-0.25, -0.2) is 4.39 Å². The van der Waals surface area contributed by atoms with Gasteiger partial charge in [-0.1, -0.05) is 46.3 Å². The van der Waals surface area contributed by atoms with Crippen LogP contribution in [0.5, 0.6) is 0 Å². The Labute approximate surface area is 126 Å². The van der Waals surface area contributed by atoms with E-state index in [2.05, 4.69) is 33.5 Å². The molecule has 0 amide bonds. The minimum atomic E-state index is -0.213. The summed E-state index contributed by atoms with van der Waals surface area (Å²) in [6.45, 7) is 0. The van der Waals surface area contributed by atoms with Crippen LogP contribution >= 0.6 is 15.9 Å². The van der Waals surface area contributed by atoms with E-state index in [-0.39, 0.29) is 11.9 Å². The molecule has 104 valence electrons. The molecule has 0 saturated heterocycles. The van der Waals surface area contributed by atoms with Crippen LogP contribution in [0.4, 0.5) is 4.39 Å². The lowest BCUT2D eigenvalue weighted by Crippen LogP contribution is -2.30. The molecule has 1 aliphatic rings. The highest BCUT2D eigenvalue weighted by Gasteiger charge is 2.44. The number of hydrogen-bond donors (Lipinski definition) is 2. The molecule has 0 bridgehead atoms. The molecule has 0 radical (unpaired) electrons. The van der Waals surface area contributed by atoms with Gasteiger partial charge in [-0.05, 0) is 42.0 Å². The Morgan fingerprint density at radius 2 is 1.95 bits per heavy atom. The van der Waals surface area contributed by atoms with Gasteiger partial charge in [-0.3, -0.25) is 11.3 Å². The van der Waals surface area contributed by atoms with E-state index in [1.54, 1.807) is 12.1 Å². The van der Waals surface area contributed by atoms with E-state index in [4.69, 9.17) is 5.84 Å². The second-order valence-electron chi connectivity index (χ2n) is 5.23. The fraction of sp³-hybridized carbons (Fsp3) is 0.250. The molecule has 2 nitrogen and oxygen atoms in total. The van der Waals surface area contributed by atoms with Gasteiger partial charge in [0.1, 0.15) is 5.82 Å². The van der Waals surface area contributed by atoms with Gasteiger partial charge < -0.3 is 0 Å². The molecule has 1 fully saturated rings. The molecular formula is C16H16BrFN2. The second kappa shape index (κ2) is 5.64. The van der Waals surface area contributed by atoms with Gasteiger partial charge in [0.15, 0.2) is 0 Å². The van der Waals surface area contributed by atoms with E-state index in [1.807, 2.05) is 18.2 Å². The fourth-order valence-corrected chi connectivity index (χ4v) is 3.24. The number of hydrazine groups is 1. The van der Waals surface area contributed by atoms with E-state index in [1.165, 1.54) is 11.6 Å². The van der Waals surface area contributed by atoms with Crippen molar-refractivity contribution in [3.63, 3.8) is 0 Å². The monoisotopic (exact) mass is 334 g/mol. The Morgan fingerprint density at radius 1 is 1.20 bits per heavy atom. The van der Waals surface area contributed by atoms with Gasteiger partial charge in [-0.15, -0.1) is 0 Å². The van der Waals surface area contributed by atoms with Crippen LogP contribution in [0.2, 0.25) is 0 Å². The molecule has 0 aliphatic heterocycles.